The lowest BCUT2D eigenvalue weighted by Gasteiger charge is -2.27. The fourth-order valence-corrected chi connectivity index (χ4v) is 10.8. The molecule has 4 aromatic rings. The molecule has 0 aliphatic carbocycles. The molecule has 0 aromatic heterocycles. The van der Waals surface area contributed by atoms with Crippen molar-refractivity contribution in [3.05, 3.63) is 58.3 Å². The highest BCUT2D eigenvalue weighted by molar-refractivity contribution is 7.75. The standard InChI is InChI=1S/C15H25NS2.C14H23NS2.2C13H21NS2/c1-6-16(7-2)12-11(13(17)14(12)18)9-8-10-15(3,4)5;1-6-15(5)11-10(12(16)13(11)17)8-7-9-14(2,3)4;1-13(2,3)8-6-7-9-10(14(4)5)12(16)11(9)15;1-5-14-10-9(11(15)12(10)16)7-6-8-13(2,3)4/h6-10H2,1-5H3;6-9H2,1-5H3;6-8H2,1-5H3;14H,5-8H2,1-4H3. The predicted octanol–water partition coefficient (Wildman–Crippen LogP) is 19.4. The Bertz CT molecular complexity index is 2440. The van der Waals surface area contributed by atoms with Crippen molar-refractivity contribution >= 4 is 120 Å². The van der Waals surface area contributed by atoms with E-state index in [1.807, 2.05) is 14.1 Å². The first-order chi connectivity index (χ1) is 30.7. The molecule has 0 unspecified atom stereocenters. The van der Waals surface area contributed by atoms with Gasteiger partial charge in [0.1, 0.15) is 0 Å². The first kappa shape index (κ1) is 63.9. The molecule has 0 fully saturated rings. The average Bonchev–Trinajstić information content (AvgIpc) is 3.22. The molecule has 0 radical (unpaired) electrons. The summed E-state index contributed by atoms with van der Waals surface area (Å²) in [6.45, 7) is 39.9. The van der Waals surface area contributed by atoms with Crippen LogP contribution in [0.3, 0.4) is 0 Å². The van der Waals surface area contributed by atoms with Gasteiger partial charge in [-0.25, -0.2) is 0 Å². The van der Waals surface area contributed by atoms with E-state index < -0.39 is 0 Å². The predicted molar refractivity (Wildman–Crippen MR) is 322 cm³/mol. The lowest BCUT2D eigenvalue weighted by Crippen LogP contribution is -2.25. The van der Waals surface area contributed by atoms with Crippen LogP contribution in [0.25, 0.3) is 0 Å². The van der Waals surface area contributed by atoms with Gasteiger partial charge >= 0.3 is 0 Å². The van der Waals surface area contributed by atoms with Crippen molar-refractivity contribution in [3.63, 3.8) is 0 Å². The Balaban J connectivity index is 0.000000447. The van der Waals surface area contributed by atoms with Crippen LogP contribution in [0.4, 0.5) is 22.7 Å². The van der Waals surface area contributed by atoms with E-state index in [-0.39, 0.29) is 0 Å². The minimum absolute atomic E-state index is 0.405. The van der Waals surface area contributed by atoms with Crippen molar-refractivity contribution in [2.45, 2.75) is 188 Å². The molecule has 4 aromatic carbocycles. The van der Waals surface area contributed by atoms with Crippen LogP contribution in [0.1, 0.15) is 184 Å². The average molecular weight is 1060 g/mol. The molecule has 0 saturated heterocycles. The van der Waals surface area contributed by atoms with Crippen molar-refractivity contribution < 1.29 is 0 Å². The maximum atomic E-state index is 5.40. The molecule has 0 heterocycles. The summed E-state index contributed by atoms with van der Waals surface area (Å²) in [5.41, 5.74) is 11.7. The summed E-state index contributed by atoms with van der Waals surface area (Å²) in [7, 11) is 6.16. The highest BCUT2D eigenvalue weighted by atomic mass is 32.1. The van der Waals surface area contributed by atoms with Gasteiger partial charge in [-0.3, -0.25) is 0 Å². The lowest BCUT2D eigenvalue weighted by atomic mass is 9.88. The number of nitrogens with one attached hydrogen (secondary N) is 1. The first-order valence-corrected chi connectivity index (χ1v) is 28.1. The quantitative estimate of drug-likeness (QED) is 0.0853. The molecule has 4 rings (SSSR count). The van der Waals surface area contributed by atoms with Crippen LogP contribution in [-0.4, -0.2) is 47.3 Å². The van der Waals surface area contributed by atoms with E-state index in [9.17, 15) is 0 Å². The number of rotatable bonds is 20. The molecular weight excluding hydrogens is 973 g/mol. The number of hydrogen-bond acceptors (Lipinski definition) is 12. The maximum absolute atomic E-state index is 5.40. The summed E-state index contributed by atoms with van der Waals surface area (Å²) in [6, 6.07) is 0. The highest BCUT2D eigenvalue weighted by Crippen LogP contribution is 2.36. The Hall–Kier alpha value is -1.12. The second-order valence-corrected chi connectivity index (χ2v) is 26.5. The van der Waals surface area contributed by atoms with Crippen molar-refractivity contribution in [3.8, 4) is 0 Å². The Labute approximate surface area is 451 Å². The monoisotopic (exact) mass is 1060 g/mol. The molecule has 0 saturated carbocycles. The van der Waals surface area contributed by atoms with E-state index in [2.05, 4.69) is 138 Å². The molecule has 0 amide bonds. The molecule has 0 spiro atoms. The molecular formula is C55H90N4S8. The highest BCUT2D eigenvalue weighted by Gasteiger charge is 2.22. The van der Waals surface area contributed by atoms with Crippen LogP contribution in [0.15, 0.2) is 0 Å². The molecule has 0 atom stereocenters. The minimum atomic E-state index is 0.405. The number of hydrogen-bond donors (Lipinski definition) is 1. The van der Waals surface area contributed by atoms with Crippen molar-refractivity contribution in [1.29, 1.82) is 0 Å². The second-order valence-electron chi connectivity index (χ2n) is 23.2. The fraction of sp³-hybridized carbons (Fsp3) is 0.709. The van der Waals surface area contributed by atoms with Crippen LogP contribution in [0.2, 0.25) is 0 Å². The topological polar surface area (TPSA) is 21.8 Å². The lowest BCUT2D eigenvalue weighted by molar-refractivity contribution is 0.365. The SMILES string of the molecule is CCN(C)c1c(CCCC(C)(C)C)c(=S)c1=S.CCN(CC)c1c(CCCC(C)(C)C)c(=S)c1=S.CCNc1c(CCCC(C)(C)C)c(=S)c1=S.CN(C)c1c(CCCC(C)(C)C)c(=S)c1=S. The summed E-state index contributed by atoms with van der Waals surface area (Å²) in [6.07, 6.45) is 14.0. The fourth-order valence-electron chi connectivity index (χ4n) is 8.11. The van der Waals surface area contributed by atoms with E-state index >= 15 is 0 Å². The zero-order valence-corrected chi connectivity index (χ0v) is 52.0. The Morgan fingerprint density at radius 1 is 0.373 bits per heavy atom. The van der Waals surface area contributed by atoms with Gasteiger partial charge in [-0.15, -0.1) is 0 Å². The van der Waals surface area contributed by atoms with Crippen LogP contribution < -0.4 is 20.0 Å². The third-order valence-corrected chi connectivity index (χ3v) is 16.0. The zero-order chi connectivity index (χ0) is 52.0. The van der Waals surface area contributed by atoms with Crippen LogP contribution in [0, 0.1) is 57.7 Å². The van der Waals surface area contributed by atoms with Gasteiger partial charge in [-0.1, -0.05) is 181 Å². The van der Waals surface area contributed by atoms with E-state index in [1.54, 1.807) is 0 Å². The molecule has 378 valence electrons. The largest absolute Gasteiger partial charge is 0.384 e. The smallest absolute Gasteiger partial charge is 0.0798 e. The van der Waals surface area contributed by atoms with E-state index in [4.69, 9.17) is 97.7 Å². The van der Waals surface area contributed by atoms with E-state index in [0.717, 1.165) is 93.6 Å². The summed E-state index contributed by atoms with van der Waals surface area (Å²) in [5, 5.41) is 3.31. The summed E-state index contributed by atoms with van der Waals surface area (Å²) in [5.74, 6) is 0. The van der Waals surface area contributed by atoms with Crippen LogP contribution >= 0.6 is 97.7 Å². The molecule has 12 heteroatoms. The van der Waals surface area contributed by atoms with E-state index in [1.165, 1.54) is 90.7 Å². The summed E-state index contributed by atoms with van der Waals surface area (Å²) < 4.78 is 7.28. The van der Waals surface area contributed by atoms with Gasteiger partial charge < -0.3 is 20.0 Å². The van der Waals surface area contributed by atoms with Gasteiger partial charge in [-0.05, 0) is 149 Å². The second kappa shape index (κ2) is 28.2. The minimum Gasteiger partial charge on any atom is -0.384 e. The van der Waals surface area contributed by atoms with Gasteiger partial charge in [-0.2, -0.15) is 0 Å². The first-order valence-electron chi connectivity index (χ1n) is 24.9. The maximum Gasteiger partial charge on any atom is 0.0798 e. The third-order valence-electron chi connectivity index (χ3n) is 12.1. The zero-order valence-electron chi connectivity index (χ0n) is 45.4. The van der Waals surface area contributed by atoms with Crippen molar-refractivity contribution in [1.82, 2.24) is 0 Å². The summed E-state index contributed by atoms with van der Waals surface area (Å²) in [4.78, 5) is 6.64. The number of nitrogens with zero attached hydrogens (tertiary/aromatic N) is 3. The van der Waals surface area contributed by atoms with Gasteiger partial charge in [0, 0.05) is 47.3 Å². The molecule has 0 aliphatic rings. The van der Waals surface area contributed by atoms with Crippen LogP contribution in [0.5, 0.6) is 0 Å². The molecule has 4 nitrogen and oxygen atoms in total. The Kier molecular flexibility index (Phi) is 26.9. The third kappa shape index (κ3) is 20.5. The van der Waals surface area contributed by atoms with Gasteiger partial charge in [0.05, 0.1) is 58.8 Å². The summed E-state index contributed by atoms with van der Waals surface area (Å²) >= 11 is 42.6. The molecule has 1 N–H and O–H groups in total. The Morgan fingerprint density at radius 3 is 0.985 bits per heavy atom. The normalized spacial score (nSPS) is 12.0. The van der Waals surface area contributed by atoms with E-state index in [0.29, 0.717) is 21.7 Å². The van der Waals surface area contributed by atoms with Gasteiger partial charge in [0.2, 0.25) is 0 Å². The van der Waals surface area contributed by atoms with Crippen molar-refractivity contribution in [2.75, 3.05) is 67.3 Å². The van der Waals surface area contributed by atoms with Gasteiger partial charge in [0.25, 0.3) is 0 Å². The van der Waals surface area contributed by atoms with Crippen LogP contribution in [-0.2, 0) is 25.7 Å². The molecule has 0 bridgehead atoms. The van der Waals surface area contributed by atoms with Gasteiger partial charge in [0.15, 0.2) is 0 Å². The molecule has 0 aliphatic heterocycles. The van der Waals surface area contributed by atoms with Crippen molar-refractivity contribution in [2.24, 2.45) is 21.7 Å². The molecule has 67 heavy (non-hydrogen) atoms. The Morgan fingerprint density at radius 2 is 0.672 bits per heavy atom. The number of anilines is 4.